The third-order valence-electron chi connectivity index (χ3n) is 4.64. The minimum atomic E-state index is -0.181. The highest BCUT2D eigenvalue weighted by molar-refractivity contribution is 5.94. The highest BCUT2D eigenvalue weighted by Crippen LogP contribution is 2.29. The molecular weight excluding hydrogens is 344 g/mol. The van der Waals surface area contributed by atoms with Crippen molar-refractivity contribution >= 4 is 11.8 Å². The number of nitrogens with one attached hydrogen (secondary N) is 1. The molecule has 0 saturated carbocycles. The molecule has 27 heavy (non-hydrogen) atoms. The Morgan fingerprint density at radius 2 is 1.93 bits per heavy atom. The summed E-state index contributed by atoms with van der Waals surface area (Å²) in [5.41, 5.74) is 2.54. The second-order valence-corrected chi connectivity index (χ2v) is 6.45. The van der Waals surface area contributed by atoms with Crippen LogP contribution in [0.2, 0.25) is 0 Å². The van der Waals surface area contributed by atoms with Crippen molar-refractivity contribution in [1.82, 2.24) is 10.2 Å². The predicted octanol–water partition coefficient (Wildman–Crippen LogP) is 2.34. The molecule has 6 nitrogen and oxygen atoms in total. The molecule has 1 unspecified atom stereocenters. The number of carbonyl (C=O) groups is 2. The zero-order valence-electron chi connectivity index (χ0n) is 15.6. The van der Waals surface area contributed by atoms with Crippen LogP contribution in [-0.4, -0.2) is 56.2 Å². The van der Waals surface area contributed by atoms with Crippen LogP contribution >= 0.6 is 0 Å². The SMILES string of the molecule is COc1ccccc1-c1ccc(C(=O)NCC2CN(C(C)=O)CCO2)cc1. The van der Waals surface area contributed by atoms with E-state index >= 15 is 0 Å². The third-order valence-corrected chi connectivity index (χ3v) is 4.64. The van der Waals surface area contributed by atoms with Gasteiger partial charge in [0.05, 0.1) is 19.8 Å². The fourth-order valence-corrected chi connectivity index (χ4v) is 3.12. The Morgan fingerprint density at radius 1 is 1.19 bits per heavy atom. The van der Waals surface area contributed by atoms with Crippen LogP contribution in [0, 0.1) is 0 Å². The van der Waals surface area contributed by atoms with Gasteiger partial charge in [-0.1, -0.05) is 30.3 Å². The average molecular weight is 368 g/mol. The van der Waals surface area contributed by atoms with Gasteiger partial charge in [0.2, 0.25) is 5.91 Å². The van der Waals surface area contributed by atoms with Gasteiger partial charge in [0.25, 0.3) is 5.91 Å². The van der Waals surface area contributed by atoms with Crippen LogP contribution in [0.15, 0.2) is 48.5 Å². The maximum absolute atomic E-state index is 12.4. The van der Waals surface area contributed by atoms with Crippen molar-refractivity contribution in [3.05, 3.63) is 54.1 Å². The normalized spacial score (nSPS) is 16.7. The molecule has 1 heterocycles. The lowest BCUT2D eigenvalue weighted by molar-refractivity contribution is -0.136. The first-order valence-electron chi connectivity index (χ1n) is 8.97. The lowest BCUT2D eigenvalue weighted by Crippen LogP contribution is -2.49. The monoisotopic (exact) mass is 368 g/mol. The van der Waals surface area contributed by atoms with Crippen LogP contribution < -0.4 is 10.1 Å². The van der Waals surface area contributed by atoms with E-state index in [1.54, 1.807) is 31.1 Å². The topological polar surface area (TPSA) is 67.9 Å². The smallest absolute Gasteiger partial charge is 0.251 e. The van der Waals surface area contributed by atoms with Crippen LogP contribution in [0.1, 0.15) is 17.3 Å². The van der Waals surface area contributed by atoms with Crippen molar-refractivity contribution in [2.45, 2.75) is 13.0 Å². The summed E-state index contributed by atoms with van der Waals surface area (Å²) in [6.07, 6.45) is -0.181. The van der Waals surface area contributed by atoms with Gasteiger partial charge in [-0.25, -0.2) is 0 Å². The number of morpholine rings is 1. The van der Waals surface area contributed by atoms with E-state index in [4.69, 9.17) is 9.47 Å². The molecule has 1 aliphatic heterocycles. The molecule has 0 aromatic heterocycles. The summed E-state index contributed by atoms with van der Waals surface area (Å²) in [7, 11) is 1.64. The van der Waals surface area contributed by atoms with Crippen molar-refractivity contribution < 1.29 is 19.1 Å². The molecule has 2 aromatic rings. The first-order chi connectivity index (χ1) is 13.1. The third kappa shape index (κ3) is 4.65. The summed E-state index contributed by atoms with van der Waals surface area (Å²) in [4.78, 5) is 25.6. The van der Waals surface area contributed by atoms with Gasteiger partial charge in [-0.3, -0.25) is 9.59 Å². The zero-order chi connectivity index (χ0) is 19.2. The number of rotatable bonds is 5. The summed E-state index contributed by atoms with van der Waals surface area (Å²) in [5.74, 6) is 0.658. The van der Waals surface area contributed by atoms with E-state index in [1.165, 1.54) is 0 Å². The highest BCUT2D eigenvalue weighted by atomic mass is 16.5. The molecule has 3 rings (SSSR count). The quantitative estimate of drug-likeness (QED) is 0.880. The fourth-order valence-electron chi connectivity index (χ4n) is 3.12. The fraction of sp³-hybridized carbons (Fsp3) is 0.333. The maximum atomic E-state index is 12.4. The van der Waals surface area contributed by atoms with Crippen molar-refractivity contribution in [1.29, 1.82) is 0 Å². The first kappa shape index (κ1) is 18.9. The molecule has 0 radical (unpaired) electrons. The van der Waals surface area contributed by atoms with E-state index in [0.717, 1.165) is 16.9 Å². The molecule has 1 fully saturated rings. The lowest BCUT2D eigenvalue weighted by atomic mass is 10.0. The maximum Gasteiger partial charge on any atom is 0.251 e. The summed E-state index contributed by atoms with van der Waals surface area (Å²) in [5, 5.41) is 2.88. The van der Waals surface area contributed by atoms with Crippen LogP contribution in [0.25, 0.3) is 11.1 Å². The van der Waals surface area contributed by atoms with Gasteiger partial charge in [-0.2, -0.15) is 0 Å². The molecule has 1 saturated heterocycles. The number of methoxy groups -OCH3 is 1. The number of carbonyl (C=O) groups excluding carboxylic acids is 2. The van der Waals surface area contributed by atoms with Gasteiger partial charge in [-0.05, 0) is 23.8 Å². The zero-order valence-corrected chi connectivity index (χ0v) is 15.6. The van der Waals surface area contributed by atoms with E-state index < -0.39 is 0 Å². The lowest BCUT2D eigenvalue weighted by Gasteiger charge is -2.32. The Labute approximate surface area is 159 Å². The number of amides is 2. The standard InChI is InChI=1S/C21H24N2O4/c1-15(24)23-11-12-27-18(14-23)13-22-21(25)17-9-7-16(8-10-17)19-5-3-4-6-20(19)26-2/h3-10,18H,11-14H2,1-2H3,(H,22,25). The summed E-state index contributed by atoms with van der Waals surface area (Å²) >= 11 is 0. The Bertz CT molecular complexity index is 804. The van der Waals surface area contributed by atoms with Crippen LogP contribution in [0.4, 0.5) is 0 Å². The number of benzene rings is 2. The van der Waals surface area contributed by atoms with Gasteiger partial charge >= 0.3 is 0 Å². The molecular formula is C21H24N2O4. The molecule has 1 N–H and O–H groups in total. The highest BCUT2D eigenvalue weighted by Gasteiger charge is 2.22. The molecule has 1 atom stereocenters. The molecule has 6 heteroatoms. The van der Waals surface area contributed by atoms with Crippen LogP contribution in [0.5, 0.6) is 5.75 Å². The average Bonchev–Trinajstić information content (AvgIpc) is 2.72. The number of nitrogens with zero attached hydrogens (tertiary/aromatic N) is 1. The minimum Gasteiger partial charge on any atom is -0.496 e. The molecule has 2 aromatic carbocycles. The van der Waals surface area contributed by atoms with Crippen molar-refractivity contribution in [2.24, 2.45) is 0 Å². The second kappa shape index (κ2) is 8.68. The van der Waals surface area contributed by atoms with E-state index in [1.807, 2.05) is 36.4 Å². The number of hydrogen-bond acceptors (Lipinski definition) is 4. The van der Waals surface area contributed by atoms with Crippen molar-refractivity contribution in [3.8, 4) is 16.9 Å². The van der Waals surface area contributed by atoms with Crippen LogP contribution in [0.3, 0.4) is 0 Å². The number of para-hydroxylation sites is 1. The second-order valence-electron chi connectivity index (χ2n) is 6.45. The van der Waals surface area contributed by atoms with Crippen molar-refractivity contribution in [3.63, 3.8) is 0 Å². The number of ether oxygens (including phenoxy) is 2. The molecule has 0 bridgehead atoms. The Balaban J connectivity index is 1.60. The Morgan fingerprint density at radius 3 is 2.63 bits per heavy atom. The van der Waals surface area contributed by atoms with E-state index in [2.05, 4.69) is 5.32 Å². The van der Waals surface area contributed by atoms with Gasteiger partial charge in [0.1, 0.15) is 5.75 Å². The Hall–Kier alpha value is -2.86. The Kier molecular flexibility index (Phi) is 6.08. The molecule has 2 amide bonds. The van der Waals surface area contributed by atoms with Gasteiger partial charge in [-0.15, -0.1) is 0 Å². The van der Waals surface area contributed by atoms with Crippen LogP contribution in [-0.2, 0) is 9.53 Å². The minimum absolute atomic E-state index is 0.0292. The molecule has 0 spiro atoms. The van der Waals surface area contributed by atoms with E-state index in [0.29, 0.717) is 31.8 Å². The predicted molar refractivity (Wildman–Crippen MR) is 103 cm³/mol. The summed E-state index contributed by atoms with van der Waals surface area (Å²) in [6, 6.07) is 15.2. The molecule has 1 aliphatic rings. The van der Waals surface area contributed by atoms with Gasteiger partial charge in [0.15, 0.2) is 0 Å². The molecule has 0 aliphatic carbocycles. The number of hydrogen-bond donors (Lipinski definition) is 1. The van der Waals surface area contributed by atoms with E-state index in [9.17, 15) is 9.59 Å². The summed E-state index contributed by atoms with van der Waals surface area (Å²) < 4.78 is 11.0. The van der Waals surface area contributed by atoms with Gasteiger partial charge < -0.3 is 19.7 Å². The van der Waals surface area contributed by atoms with Crippen molar-refractivity contribution in [2.75, 3.05) is 33.4 Å². The summed E-state index contributed by atoms with van der Waals surface area (Å²) in [6.45, 7) is 3.52. The first-order valence-corrected chi connectivity index (χ1v) is 8.97. The largest absolute Gasteiger partial charge is 0.496 e. The van der Waals surface area contributed by atoms with Gasteiger partial charge in [0, 0.05) is 37.7 Å². The van der Waals surface area contributed by atoms with E-state index in [-0.39, 0.29) is 17.9 Å². The molecule has 142 valence electrons.